The Hall–Kier alpha value is -2.08. The van der Waals surface area contributed by atoms with E-state index in [0.717, 1.165) is 16.9 Å². The molecule has 6 heteroatoms. The maximum Gasteiger partial charge on any atom is 0.318 e. The molecule has 0 aliphatic carbocycles. The molecule has 6 nitrogen and oxygen atoms in total. The lowest BCUT2D eigenvalue weighted by Gasteiger charge is -2.21. The Morgan fingerprint density at radius 1 is 1.30 bits per heavy atom. The maximum atomic E-state index is 11.6. The minimum atomic E-state index is -0.857. The minimum Gasteiger partial charge on any atom is -0.496 e. The summed E-state index contributed by atoms with van der Waals surface area (Å²) in [6.07, 6.45) is 0. The summed E-state index contributed by atoms with van der Waals surface area (Å²) in [6, 6.07) is 4.32. The Morgan fingerprint density at radius 3 is 2.50 bits per heavy atom. The number of nitrogens with two attached hydrogens (primary N) is 1. The fraction of sp³-hybridized carbons (Fsp3) is 0.429. The van der Waals surface area contributed by atoms with Crippen LogP contribution in [0.3, 0.4) is 0 Å². The standard InChI is InChI=1S/C14H21N3O3/c1-8-5-6-12(20-4)11(7-8)9(2)16-10(3)13(18)17-14(15)19/h5-7,9-10,16H,1-4H3,(H3,15,17,18,19). The average molecular weight is 279 g/mol. The van der Waals surface area contributed by atoms with E-state index in [0.29, 0.717) is 0 Å². The number of urea groups is 1. The Labute approximate surface area is 118 Å². The van der Waals surface area contributed by atoms with Crippen LogP contribution in [0.5, 0.6) is 5.75 Å². The first kappa shape index (κ1) is 16.0. The van der Waals surface area contributed by atoms with Gasteiger partial charge in [0.15, 0.2) is 0 Å². The van der Waals surface area contributed by atoms with Gasteiger partial charge >= 0.3 is 6.03 Å². The van der Waals surface area contributed by atoms with Gasteiger partial charge in [0.05, 0.1) is 13.2 Å². The van der Waals surface area contributed by atoms with Crippen molar-refractivity contribution in [2.24, 2.45) is 5.73 Å². The summed E-state index contributed by atoms with van der Waals surface area (Å²) in [5.74, 6) is 0.286. The minimum absolute atomic E-state index is 0.113. The molecular weight excluding hydrogens is 258 g/mol. The zero-order chi connectivity index (χ0) is 15.3. The maximum absolute atomic E-state index is 11.6. The average Bonchev–Trinajstić information content (AvgIpc) is 2.37. The number of imide groups is 1. The third-order valence-corrected chi connectivity index (χ3v) is 2.99. The summed E-state index contributed by atoms with van der Waals surface area (Å²) in [5.41, 5.74) is 6.97. The van der Waals surface area contributed by atoms with E-state index in [-0.39, 0.29) is 6.04 Å². The smallest absolute Gasteiger partial charge is 0.318 e. The molecule has 0 radical (unpaired) electrons. The lowest BCUT2D eigenvalue weighted by Crippen LogP contribution is -2.47. The third-order valence-electron chi connectivity index (χ3n) is 2.99. The summed E-state index contributed by atoms with van der Waals surface area (Å²) in [4.78, 5) is 22.3. The van der Waals surface area contributed by atoms with E-state index < -0.39 is 18.0 Å². The summed E-state index contributed by atoms with van der Waals surface area (Å²) < 4.78 is 5.31. The zero-order valence-electron chi connectivity index (χ0n) is 12.2. The van der Waals surface area contributed by atoms with E-state index in [9.17, 15) is 9.59 Å². The van der Waals surface area contributed by atoms with Crippen molar-refractivity contribution in [3.63, 3.8) is 0 Å². The molecule has 3 amide bonds. The first-order valence-electron chi connectivity index (χ1n) is 6.36. The monoisotopic (exact) mass is 279 g/mol. The zero-order valence-corrected chi connectivity index (χ0v) is 12.2. The number of benzene rings is 1. The molecule has 0 saturated carbocycles. The molecule has 0 aliphatic rings. The second-order valence-electron chi connectivity index (χ2n) is 4.71. The van der Waals surface area contributed by atoms with Gasteiger partial charge in [0.25, 0.3) is 0 Å². The number of aryl methyl sites for hydroxylation is 1. The van der Waals surface area contributed by atoms with Crippen molar-refractivity contribution in [2.75, 3.05) is 7.11 Å². The van der Waals surface area contributed by atoms with Crippen molar-refractivity contribution >= 4 is 11.9 Å². The molecule has 0 spiro atoms. The van der Waals surface area contributed by atoms with Crippen molar-refractivity contribution in [3.05, 3.63) is 29.3 Å². The van der Waals surface area contributed by atoms with E-state index in [2.05, 4.69) is 5.32 Å². The molecule has 1 aromatic carbocycles. The number of hydrogen-bond acceptors (Lipinski definition) is 4. The van der Waals surface area contributed by atoms with Gasteiger partial charge in [-0.25, -0.2) is 4.79 Å². The van der Waals surface area contributed by atoms with Crippen LogP contribution in [0, 0.1) is 6.92 Å². The van der Waals surface area contributed by atoms with Crippen molar-refractivity contribution in [2.45, 2.75) is 32.9 Å². The quantitative estimate of drug-likeness (QED) is 0.756. The highest BCUT2D eigenvalue weighted by atomic mass is 16.5. The molecule has 0 aliphatic heterocycles. The summed E-state index contributed by atoms with van der Waals surface area (Å²) >= 11 is 0. The van der Waals surface area contributed by atoms with Gasteiger partial charge in [0.2, 0.25) is 5.91 Å². The molecule has 1 rings (SSSR count). The molecule has 0 heterocycles. The number of amides is 3. The van der Waals surface area contributed by atoms with E-state index >= 15 is 0 Å². The molecule has 2 atom stereocenters. The van der Waals surface area contributed by atoms with Crippen molar-refractivity contribution in [3.8, 4) is 5.75 Å². The molecular formula is C14H21N3O3. The van der Waals surface area contributed by atoms with Crippen LogP contribution in [0.25, 0.3) is 0 Å². The van der Waals surface area contributed by atoms with Crippen molar-refractivity contribution in [1.29, 1.82) is 0 Å². The number of carbonyl (C=O) groups is 2. The van der Waals surface area contributed by atoms with Crippen LogP contribution in [-0.2, 0) is 4.79 Å². The Kier molecular flexibility index (Phi) is 5.52. The number of nitrogens with one attached hydrogen (secondary N) is 2. The second kappa shape index (κ2) is 6.91. The highest BCUT2D eigenvalue weighted by molar-refractivity contribution is 5.96. The van der Waals surface area contributed by atoms with Crippen LogP contribution in [0.1, 0.15) is 31.0 Å². The summed E-state index contributed by atoms with van der Waals surface area (Å²) in [5, 5.41) is 5.15. The highest BCUT2D eigenvalue weighted by Crippen LogP contribution is 2.26. The van der Waals surface area contributed by atoms with Crippen LogP contribution in [0.2, 0.25) is 0 Å². The molecule has 0 aromatic heterocycles. The normalized spacial score (nSPS) is 13.4. The SMILES string of the molecule is COc1ccc(C)cc1C(C)NC(C)C(=O)NC(N)=O. The van der Waals surface area contributed by atoms with Crippen LogP contribution >= 0.6 is 0 Å². The Balaban J connectivity index is 2.80. The van der Waals surface area contributed by atoms with Crippen molar-refractivity contribution in [1.82, 2.24) is 10.6 Å². The Bertz CT molecular complexity index is 502. The first-order valence-corrected chi connectivity index (χ1v) is 6.36. The predicted molar refractivity (Wildman–Crippen MR) is 76.5 cm³/mol. The van der Waals surface area contributed by atoms with E-state index in [1.807, 2.05) is 37.4 Å². The highest BCUT2D eigenvalue weighted by Gasteiger charge is 2.19. The van der Waals surface area contributed by atoms with Crippen LogP contribution < -0.4 is 21.1 Å². The number of primary amides is 1. The molecule has 1 aromatic rings. The van der Waals surface area contributed by atoms with Gasteiger partial charge in [-0.2, -0.15) is 0 Å². The fourth-order valence-electron chi connectivity index (χ4n) is 1.96. The van der Waals surface area contributed by atoms with Gasteiger partial charge in [-0.15, -0.1) is 0 Å². The Morgan fingerprint density at radius 2 is 1.95 bits per heavy atom. The topological polar surface area (TPSA) is 93.4 Å². The molecule has 0 bridgehead atoms. The molecule has 110 valence electrons. The van der Waals surface area contributed by atoms with Gasteiger partial charge in [-0.05, 0) is 26.8 Å². The van der Waals surface area contributed by atoms with E-state index in [1.165, 1.54) is 0 Å². The van der Waals surface area contributed by atoms with E-state index in [1.54, 1.807) is 14.0 Å². The van der Waals surface area contributed by atoms with Gasteiger partial charge in [0.1, 0.15) is 5.75 Å². The molecule has 4 N–H and O–H groups in total. The largest absolute Gasteiger partial charge is 0.496 e. The lowest BCUT2D eigenvalue weighted by atomic mass is 10.0. The van der Waals surface area contributed by atoms with Crippen LogP contribution in [0.15, 0.2) is 18.2 Å². The van der Waals surface area contributed by atoms with E-state index in [4.69, 9.17) is 10.5 Å². The number of ether oxygens (including phenoxy) is 1. The summed E-state index contributed by atoms with van der Waals surface area (Å²) in [7, 11) is 1.60. The van der Waals surface area contributed by atoms with Crippen molar-refractivity contribution < 1.29 is 14.3 Å². The van der Waals surface area contributed by atoms with Gasteiger partial charge < -0.3 is 10.5 Å². The van der Waals surface area contributed by atoms with Gasteiger partial charge in [-0.1, -0.05) is 17.7 Å². The second-order valence-corrected chi connectivity index (χ2v) is 4.71. The van der Waals surface area contributed by atoms with Crippen LogP contribution in [0.4, 0.5) is 4.79 Å². The summed E-state index contributed by atoms with van der Waals surface area (Å²) in [6.45, 7) is 5.57. The number of carbonyl (C=O) groups excluding carboxylic acids is 2. The molecule has 2 unspecified atom stereocenters. The first-order chi connectivity index (χ1) is 9.35. The number of methoxy groups -OCH3 is 1. The molecule has 20 heavy (non-hydrogen) atoms. The van der Waals surface area contributed by atoms with Crippen LogP contribution in [-0.4, -0.2) is 25.1 Å². The molecule has 0 fully saturated rings. The number of rotatable bonds is 5. The van der Waals surface area contributed by atoms with Gasteiger partial charge in [-0.3, -0.25) is 15.4 Å². The van der Waals surface area contributed by atoms with Gasteiger partial charge in [0, 0.05) is 11.6 Å². The fourth-order valence-corrected chi connectivity index (χ4v) is 1.96. The lowest BCUT2D eigenvalue weighted by molar-refractivity contribution is -0.121. The third kappa shape index (κ3) is 4.24. The number of hydrogen-bond donors (Lipinski definition) is 3. The predicted octanol–water partition coefficient (Wildman–Crippen LogP) is 1.24. The molecule has 0 saturated heterocycles.